The van der Waals surface area contributed by atoms with Crippen LogP contribution in [0.15, 0.2) is 46.9 Å². The molecule has 1 aliphatic rings. The normalized spacial score (nSPS) is 17.8. The standard InChI is InChI=1S/C21H21N3O/c1-15-3-2-11-24(15)12-10-21-23-19-13-18(8-9-20(19)25-21)17-6-4-16(14-22)5-7-17/h4-9,13,15H,2-3,10-12H2,1H3/t15-/m1/s1. The van der Waals surface area contributed by atoms with Gasteiger partial charge in [-0.15, -0.1) is 0 Å². The molecule has 1 aromatic heterocycles. The molecule has 4 rings (SSSR count). The number of oxazole rings is 1. The first-order chi connectivity index (χ1) is 12.2. The molecule has 0 aliphatic carbocycles. The zero-order valence-corrected chi connectivity index (χ0v) is 14.4. The summed E-state index contributed by atoms with van der Waals surface area (Å²) in [5.74, 6) is 0.811. The molecule has 25 heavy (non-hydrogen) atoms. The van der Waals surface area contributed by atoms with Crippen LogP contribution in [-0.2, 0) is 6.42 Å². The molecule has 0 N–H and O–H groups in total. The second-order valence-electron chi connectivity index (χ2n) is 6.76. The van der Waals surface area contributed by atoms with E-state index < -0.39 is 0 Å². The summed E-state index contributed by atoms with van der Waals surface area (Å²) in [6, 6.07) is 16.5. The molecule has 1 saturated heterocycles. The van der Waals surface area contributed by atoms with Crippen LogP contribution in [0.3, 0.4) is 0 Å². The van der Waals surface area contributed by atoms with Crippen molar-refractivity contribution in [2.24, 2.45) is 0 Å². The summed E-state index contributed by atoms with van der Waals surface area (Å²) in [4.78, 5) is 7.18. The van der Waals surface area contributed by atoms with Crippen molar-refractivity contribution in [3.05, 3.63) is 53.9 Å². The third-order valence-corrected chi connectivity index (χ3v) is 5.08. The fourth-order valence-electron chi connectivity index (χ4n) is 3.56. The van der Waals surface area contributed by atoms with Crippen LogP contribution in [0.2, 0.25) is 0 Å². The highest BCUT2D eigenvalue weighted by molar-refractivity contribution is 5.80. The summed E-state index contributed by atoms with van der Waals surface area (Å²) in [7, 11) is 0. The molecule has 1 aliphatic heterocycles. The lowest BCUT2D eigenvalue weighted by Gasteiger charge is -2.19. The van der Waals surface area contributed by atoms with Crippen LogP contribution < -0.4 is 0 Å². The predicted octanol–water partition coefficient (Wildman–Crippen LogP) is 4.39. The van der Waals surface area contributed by atoms with Gasteiger partial charge in [-0.3, -0.25) is 0 Å². The van der Waals surface area contributed by atoms with Crippen molar-refractivity contribution < 1.29 is 4.42 Å². The van der Waals surface area contributed by atoms with E-state index in [1.165, 1.54) is 19.4 Å². The maximum Gasteiger partial charge on any atom is 0.196 e. The Kier molecular flexibility index (Phi) is 4.25. The van der Waals surface area contributed by atoms with Crippen LogP contribution in [0.25, 0.3) is 22.2 Å². The number of fused-ring (bicyclic) bond motifs is 1. The fraction of sp³-hybridized carbons (Fsp3) is 0.333. The van der Waals surface area contributed by atoms with Gasteiger partial charge in [-0.1, -0.05) is 18.2 Å². The van der Waals surface area contributed by atoms with Gasteiger partial charge in [0.15, 0.2) is 11.5 Å². The Bertz CT molecular complexity index is 920. The minimum absolute atomic E-state index is 0.671. The molecule has 0 spiro atoms. The van der Waals surface area contributed by atoms with Crippen LogP contribution in [0.5, 0.6) is 0 Å². The number of benzene rings is 2. The molecule has 2 aromatic carbocycles. The van der Waals surface area contributed by atoms with E-state index in [2.05, 4.69) is 28.9 Å². The Morgan fingerprint density at radius 2 is 2.00 bits per heavy atom. The van der Waals surface area contributed by atoms with E-state index >= 15 is 0 Å². The summed E-state index contributed by atoms with van der Waals surface area (Å²) in [5, 5.41) is 8.91. The SMILES string of the molecule is C[C@@H]1CCCN1CCc1nc2cc(-c3ccc(C#N)cc3)ccc2o1. The number of likely N-dealkylation sites (tertiary alicyclic amines) is 1. The molecule has 2 heterocycles. The monoisotopic (exact) mass is 331 g/mol. The Morgan fingerprint density at radius 3 is 2.72 bits per heavy atom. The zero-order chi connectivity index (χ0) is 17.2. The predicted molar refractivity (Wildman–Crippen MR) is 98.1 cm³/mol. The highest BCUT2D eigenvalue weighted by Crippen LogP contribution is 2.25. The number of nitrogens with zero attached hydrogens (tertiary/aromatic N) is 3. The molecular formula is C21H21N3O. The molecule has 1 fully saturated rings. The highest BCUT2D eigenvalue weighted by atomic mass is 16.3. The van der Waals surface area contributed by atoms with Gasteiger partial charge in [0.2, 0.25) is 0 Å². The van der Waals surface area contributed by atoms with Gasteiger partial charge in [0, 0.05) is 19.0 Å². The average Bonchev–Trinajstić information content (AvgIpc) is 3.24. The van der Waals surface area contributed by atoms with Crippen molar-refractivity contribution in [3.63, 3.8) is 0 Å². The van der Waals surface area contributed by atoms with Crippen molar-refractivity contribution in [1.82, 2.24) is 9.88 Å². The minimum atomic E-state index is 0.671. The molecule has 0 amide bonds. The van der Waals surface area contributed by atoms with E-state index in [1.54, 1.807) is 0 Å². The van der Waals surface area contributed by atoms with Crippen LogP contribution in [-0.4, -0.2) is 29.0 Å². The summed E-state index contributed by atoms with van der Waals surface area (Å²) in [6.07, 6.45) is 3.44. The highest BCUT2D eigenvalue weighted by Gasteiger charge is 2.20. The van der Waals surface area contributed by atoms with E-state index in [9.17, 15) is 0 Å². The van der Waals surface area contributed by atoms with E-state index in [0.717, 1.165) is 41.1 Å². The molecule has 0 unspecified atom stereocenters. The Hall–Kier alpha value is -2.64. The lowest BCUT2D eigenvalue weighted by atomic mass is 10.0. The van der Waals surface area contributed by atoms with Crippen molar-refractivity contribution in [2.45, 2.75) is 32.2 Å². The maximum absolute atomic E-state index is 8.91. The first kappa shape index (κ1) is 15.9. The summed E-state index contributed by atoms with van der Waals surface area (Å²) < 4.78 is 5.91. The lowest BCUT2D eigenvalue weighted by Crippen LogP contribution is -2.29. The van der Waals surface area contributed by atoms with E-state index in [1.807, 2.05) is 36.4 Å². The van der Waals surface area contributed by atoms with Gasteiger partial charge < -0.3 is 9.32 Å². The third kappa shape index (κ3) is 3.29. The van der Waals surface area contributed by atoms with Gasteiger partial charge in [-0.05, 0) is 61.7 Å². The Morgan fingerprint density at radius 1 is 1.20 bits per heavy atom. The van der Waals surface area contributed by atoms with Gasteiger partial charge in [0.05, 0.1) is 11.6 Å². The second-order valence-corrected chi connectivity index (χ2v) is 6.76. The molecule has 0 saturated carbocycles. The minimum Gasteiger partial charge on any atom is -0.441 e. The first-order valence-corrected chi connectivity index (χ1v) is 8.87. The number of hydrogen-bond donors (Lipinski definition) is 0. The first-order valence-electron chi connectivity index (χ1n) is 8.87. The second kappa shape index (κ2) is 6.70. The van der Waals surface area contributed by atoms with Crippen LogP contribution >= 0.6 is 0 Å². The van der Waals surface area contributed by atoms with Gasteiger partial charge in [0.25, 0.3) is 0 Å². The van der Waals surface area contributed by atoms with Crippen molar-refractivity contribution in [2.75, 3.05) is 13.1 Å². The molecule has 0 radical (unpaired) electrons. The molecule has 4 heteroatoms. The molecule has 126 valence electrons. The van der Waals surface area contributed by atoms with Gasteiger partial charge in [-0.25, -0.2) is 4.98 Å². The Balaban J connectivity index is 1.53. The van der Waals surface area contributed by atoms with Crippen LogP contribution in [0, 0.1) is 11.3 Å². The summed E-state index contributed by atoms with van der Waals surface area (Å²) >= 11 is 0. The smallest absolute Gasteiger partial charge is 0.196 e. The molecule has 4 nitrogen and oxygen atoms in total. The van der Waals surface area contributed by atoms with E-state index in [-0.39, 0.29) is 0 Å². The number of hydrogen-bond acceptors (Lipinski definition) is 4. The lowest BCUT2D eigenvalue weighted by molar-refractivity contribution is 0.265. The Labute approximate surface area is 147 Å². The zero-order valence-electron chi connectivity index (χ0n) is 14.4. The number of aromatic nitrogens is 1. The van der Waals surface area contributed by atoms with Crippen molar-refractivity contribution in [3.8, 4) is 17.2 Å². The van der Waals surface area contributed by atoms with Crippen molar-refractivity contribution in [1.29, 1.82) is 5.26 Å². The largest absolute Gasteiger partial charge is 0.441 e. The van der Waals surface area contributed by atoms with E-state index in [0.29, 0.717) is 11.6 Å². The summed E-state index contributed by atoms with van der Waals surface area (Å²) in [5.41, 5.74) is 4.57. The third-order valence-electron chi connectivity index (χ3n) is 5.08. The maximum atomic E-state index is 8.91. The van der Waals surface area contributed by atoms with Gasteiger partial charge >= 0.3 is 0 Å². The summed E-state index contributed by atoms with van der Waals surface area (Å²) in [6.45, 7) is 4.49. The molecule has 3 aromatic rings. The van der Waals surface area contributed by atoms with Crippen molar-refractivity contribution >= 4 is 11.1 Å². The fourth-order valence-corrected chi connectivity index (χ4v) is 3.56. The quantitative estimate of drug-likeness (QED) is 0.711. The molecule has 0 bridgehead atoms. The average molecular weight is 331 g/mol. The number of rotatable bonds is 4. The molecule has 1 atom stereocenters. The van der Waals surface area contributed by atoms with Crippen LogP contribution in [0.4, 0.5) is 0 Å². The van der Waals surface area contributed by atoms with Gasteiger partial charge in [-0.2, -0.15) is 5.26 Å². The molecular weight excluding hydrogens is 310 g/mol. The van der Waals surface area contributed by atoms with Crippen LogP contribution in [0.1, 0.15) is 31.2 Å². The topological polar surface area (TPSA) is 53.1 Å². The number of nitriles is 1. The van der Waals surface area contributed by atoms with E-state index in [4.69, 9.17) is 9.68 Å². The van der Waals surface area contributed by atoms with Gasteiger partial charge in [0.1, 0.15) is 5.52 Å².